The number of esters is 1. The van der Waals surface area contributed by atoms with E-state index in [1.165, 1.54) is 4.68 Å². The van der Waals surface area contributed by atoms with Crippen LogP contribution in [0.3, 0.4) is 0 Å². The number of piperidine rings is 1. The third-order valence-electron chi connectivity index (χ3n) is 6.37. The van der Waals surface area contributed by atoms with E-state index in [4.69, 9.17) is 19.3 Å². The van der Waals surface area contributed by atoms with E-state index >= 15 is 0 Å². The summed E-state index contributed by atoms with van der Waals surface area (Å²) < 4.78 is 17.7. The van der Waals surface area contributed by atoms with Crippen LogP contribution in [0.1, 0.15) is 40.0 Å². The van der Waals surface area contributed by atoms with Crippen molar-refractivity contribution in [3.63, 3.8) is 0 Å². The van der Waals surface area contributed by atoms with E-state index < -0.39 is 11.6 Å². The van der Waals surface area contributed by atoms with Crippen LogP contribution in [0.15, 0.2) is 59.4 Å². The Morgan fingerprint density at radius 1 is 0.946 bits per heavy atom. The summed E-state index contributed by atoms with van der Waals surface area (Å²) in [5.74, 6) is 1.21. The highest BCUT2D eigenvalue weighted by molar-refractivity contribution is 5.80. The van der Waals surface area contributed by atoms with Gasteiger partial charge < -0.3 is 14.2 Å². The Morgan fingerprint density at radius 3 is 2.11 bits per heavy atom. The smallest absolute Gasteiger partial charge is 0.323 e. The first-order chi connectivity index (χ1) is 17.7. The largest absolute Gasteiger partial charge is 0.497 e. The number of methoxy groups -OCH3 is 2. The molecule has 1 saturated heterocycles. The van der Waals surface area contributed by atoms with Crippen LogP contribution in [-0.4, -0.2) is 53.1 Å². The van der Waals surface area contributed by atoms with E-state index in [1.54, 1.807) is 20.3 Å². The zero-order valence-electron chi connectivity index (χ0n) is 22.2. The zero-order valence-corrected chi connectivity index (χ0v) is 22.2. The third kappa shape index (κ3) is 6.38. The van der Waals surface area contributed by atoms with Crippen molar-refractivity contribution in [2.45, 2.75) is 58.3 Å². The second-order valence-electron chi connectivity index (χ2n) is 10.2. The summed E-state index contributed by atoms with van der Waals surface area (Å²) in [4.78, 5) is 28.3. The monoisotopic (exact) mass is 505 g/mol. The van der Waals surface area contributed by atoms with Crippen LogP contribution in [0.2, 0.25) is 0 Å². The predicted molar refractivity (Wildman–Crippen MR) is 143 cm³/mol. The van der Waals surface area contributed by atoms with Crippen molar-refractivity contribution in [2.24, 2.45) is 0 Å². The van der Waals surface area contributed by atoms with Gasteiger partial charge in [0.05, 0.1) is 26.6 Å². The van der Waals surface area contributed by atoms with E-state index in [0.717, 1.165) is 41.0 Å². The fourth-order valence-electron chi connectivity index (χ4n) is 4.51. The molecule has 8 heteroatoms. The number of hydrogen-bond donors (Lipinski definition) is 0. The minimum Gasteiger partial charge on any atom is -0.497 e. The van der Waals surface area contributed by atoms with Gasteiger partial charge in [-0.05, 0) is 75.6 Å². The van der Waals surface area contributed by atoms with Crippen molar-refractivity contribution in [1.29, 1.82) is 0 Å². The molecule has 1 unspecified atom stereocenters. The van der Waals surface area contributed by atoms with Crippen molar-refractivity contribution < 1.29 is 19.0 Å². The molecule has 1 aliphatic rings. The van der Waals surface area contributed by atoms with E-state index in [1.807, 2.05) is 74.2 Å². The maximum absolute atomic E-state index is 13.3. The molecule has 1 aromatic heterocycles. The number of carbonyl (C=O) groups is 1. The van der Waals surface area contributed by atoms with Crippen LogP contribution >= 0.6 is 0 Å². The lowest BCUT2D eigenvalue weighted by Gasteiger charge is -2.35. The van der Waals surface area contributed by atoms with Crippen LogP contribution in [0.25, 0.3) is 22.4 Å². The summed E-state index contributed by atoms with van der Waals surface area (Å²) in [6, 6.07) is 16.3. The number of hydrogen-bond acceptors (Lipinski definition) is 7. The quantitative estimate of drug-likeness (QED) is 0.429. The highest BCUT2D eigenvalue weighted by atomic mass is 16.6. The molecule has 4 rings (SSSR count). The van der Waals surface area contributed by atoms with Gasteiger partial charge in [0, 0.05) is 23.7 Å². The maximum Gasteiger partial charge on any atom is 0.323 e. The van der Waals surface area contributed by atoms with Gasteiger partial charge >= 0.3 is 5.97 Å². The number of aromatic nitrogens is 2. The summed E-state index contributed by atoms with van der Waals surface area (Å²) in [5, 5.41) is 4.82. The summed E-state index contributed by atoms with van der Waals surface area (Å²) >= 11 is 0. The SMILES string of the molecule is COc1ccc(-c2cc(=O)n(CN3CCCCC3C(=O)OC(C)(C)C)nc2-c2ccc(OC)cc2)cc1. The van der Waals surface area contributed by atoms with Crippen molar-refractivity contribution >= 4 is 5.97 Å². The molecule has 0 amide bonds. The topological polar surface area (TPSA) is 82.9 Å². The van der Waals surface area contributed by atoms with Gasteiger partial charge in [-0.3, -0.25) is 14.5 Å². The lowest BCUT2D eigenvalue weighted by molar-refractivity contribution is -0.163. The van der Waals surface area contributed by atoms with Crippen molar-refractivity contribution in [3.05, 3.63) is 65.0 Å². The number of likely N-dealkylation sites (tertiary alicyclic amines) is 1. The standard InChI is InChI=1S/C29H35N3O5/c1-29(2,3)37-28(34)25-8-6-7-17-31(25)19-32-26(33)18-24(20-9-13-22(35-4)14-10-20)27(30-32)21-11-15-23(36-5)16-12-21/h9-16,18,25H,6-8,17,19H2,1-5H3. The molecular formula is C29H35N3O5. The lowest BCUT2D eigenvalue weighted by atomic mass is 10.00. The lowest BCUT2D eigenvalue weighted by Crippen LogP contribution is -2.49. The van der Waals surface area contributed by atoms with Gasteiger partial charge in [0.2, 0.25) is 0 Å². The molecule has 8 nitrogen and oxygen atoms in total. The van der Waals surface area contributed by atoms with Crippen LogP contribution in [0.4, 0.5) is 0 Å². The molecule has 0 radical (unpaired) electrons. The number of benzene rings is 2. The molecular weight excluding hydrogens is 470 g/mol. The van der Waals surface area contributed by atoms with Crippen LogP contribution in [-0.2, 0) is 16.2 Å². The van der Waals surface area contributed by atoms with Gasteiger partial charge in [-0.25, -0.2) is 4.68 Å². The number of carbonyl (C=O) groups excluding carboxylic acids is 1. The average molecular weight is 506 g/mol. The molecule has 0 N–H and O–H groups in total. The second kappa shape index (κ2) is 11.2. The molecule has 2 aromatic carbocycles. The molecule has 37 heavy (non-hydrogen) atoms. The first-order valence-electron chi connectivity index (χ1n) is 12.6. The highest BCUT2D eigenvalue weighted by Gasteiger charge is 2.33. The van der Waals surface area contributed by atoms with Crippen molar-refractivity contribution in [3.8, 4) is 33.9 Å². The van der Waals surface area contributed by atoms with Crippen LogP contribution < -0.4 is 15.0 Å². The van der Waals surface area contributed by atoms with Crippen LogP contribution in [0, 0.1) is 0 Å². The van der Waals surface area contributed by atoms with Gasteiger partial charge in [-0.15, -0.1) is 0 Å². The number of ether oxygens (including phenoxy) is 3. The number of nitrogens with zero attached hydrogens (tertiary/aromatic N) is 3. The summed E-state index contributed by atoms with van der Waals surface area (Å²) in [6.45, 7) is 6.49. The Bertz CT molecular complexity index is 1280. The number of rotatable bonds is 7. The highest BCUT2D eigenvalue weighted by Crippen LogP contribution is 2.31. The maximum atomic E-state index is 13.3. The Labute approximate surface area is 217 Å². The Hall–Kier alpha value is -3.65. The van der Waals surface area contributed by atoms with E-state index in [2.05, 4.69) is 0 Å². The van der Waals surface area contributed by atoms with Gasteiger partial charge in [0.15, 0.2) is 0 Å². The average Bonchev–Trinajstić information content (AvgIpc) is 2.89. The third-order valence-corrected chi connectivity index (χ3v) is 6.37. The molecule has 196 valence electrons. The second-order valence-corrected chi connectivity index (χ2v) is 10.2. The Morgan fingerprint density at radius 2 is 1.54 bits per heavy atom. The molecule has 3 aromatic rings. The first-order valence-corrected chi connectivity index (χ1v) is 12.6. The molecule has 0 aliphatic carbocycles. The van der Waals surface area contributed by atoms with E-state index in [9.17, 15) is 9.59 Å². The zero-order chi connectivity index (χ0) is 26.6. The fraction of sp³-hybridized carbons (Fsp3) is 0.414. The summed E-state index contributed by atoms with van der Waals surface area (Å²) in [6.07, 6.45) is 2.58. The predicted octanol–water partition coefficient (Wildman–Crippen LogP) is 4.75. The molecule has 1 atom stereocenters. The van der Waals surface area contributed by atoms with Gasteiger partial charge in [-0.1, -0.05) is 18.6 Å². The molecule has 1 fully saturated rings. The molecule has 2 heterocycles. The summed E-state index contributed by atoms with van der Waals surface area (Å²) in [7, 11) is 3.24. The molecule has 0 bridgehead atoms. The van der Waals surface area contributed by atoms with E-state index in [0.29, 0.717) is 18.7 Å². The van der Waals surface area contributed by atoms with Crippen LogP contribution in [0.5, 0.6) is 11.5 Å². The van der Waals surface area contributed by atoms with Crippen molar-refractivity contribution in [1.82, 2.24) is 14.7 Å². The molecule has 0 spiro atoms. The Kier molecular flexibility index (Phi) is 7.97. The van der Waals surface area contributed by atoms with Gasteiger partial charge in [0.1, 0.15) is 23.1 Å². The van der Waals surface area contributed by atoms with Gasteiger partial charge in [0.25, 0.3) is 5.56 Å². The molecule has 0 saturated carbocycles. The molecule has 1 aliphatic heterocycles. The minimum absolute atomic E-state index is 0.203. The first kappa shape index (κ1) is 26.4. The minimum atomic E-state index is -0.573. The fourth-order valence-corrected chi connectivity index (χ4v) is 4.51. The Balaban J connectivity index is 1.73. The summed E-state index contributed by atoms with van der Waals surface area (Å²) in [5.41, 5.74) is 2.28. The normalized spacial score (nSPS) is 16.3. The van der Waals surface area contributed by atoms with Crippen molar-refractivity contribution in [2.75, 3.05) is 20.8 Å². The van der Waals surface area contributed by atoms with E-state index in [-0.39, 0.29) is 18.2 Å². The van der Waals surface area contributed by atoms with Gasteiger partial charge in [-0.2, -0.15) is 5.10 Å².